The summed E-state index contributed by atoms with van der Waals surface area (Å²) in [7, 11) is 0. The molecular weight excluding hydrogens is 961 g/mol. The average Bonchev–Trinajstić information content (AvgIpc) is 3.76. The fourth-order valence-corrected chi connectivity index (χ4v) is 8.12. The molecule has 402 valence electrons. The first kappa shape index (κ1) is 58.3. The summed E-state index contributed by atoms with van der Waals surface area (Å²) in [5.74, 6) is -8.32. The Balaban J connectivity index is 1.75. The maximum atomic E-state index is 14.5. The van der Waals surface area contributed by atoms with Crippen molar-refractivity contribution in [3.05, 3.63) is 71.9 Å². The van der Waals surface area contributed by atoms with E-state index >= 15 is 0 Å². The van der Waals surface area contributed by atoms with Crippen molar-refractivity contribution >= 4 is 76.0 Å². The number of hydrogen-bond acceptors (Lipinski definition) is 12. The van der Waals surface area contributed by atoms with E-state index in [0.29, 0.717) is 11.1 Å². The van der Waals surface area contributed by atoms with Gasteiger partial charge in [0.1, 0.15) is 42.3 Å². The molecule has 4 rings (SSSR count). The van der Waals surface area contributed by atoms with Crippen LogP contribution < -0.4 is 70.4 Å². The monoisotopic (exact) mass is 1030 g/mol. The number of carbonyl (C=O) groups excluding carboxylic acids is 8. The summed E-state index contributed by atoms with van der Waals surface area (Å²) in [4.78, 5) is 126. The molecule has 20 N–H and O–H groups in total. The van der Waals surface area contributed by atoms with E-state index in [9.17, 15) is 48.3 Å². The highest BCUT2D eigenvalue weighted by Crippen LogP contribution is 2.20. The molecule has 3 aromatic rings. The van der Waals surface area contributed by atoms with Crippen molar-refractivity contribution in [3.63, 3.8) is 0 Å². The molecule has 74 heavy (non-hydrogen) atoms. The van der Waals surface area contributed by atoms with Crippen LogP contribution in [0.25, 0.3) is 10.9 Å². The van der Waals surface area contributed by atoms with Crippen molar-refractivity contribution in [2.24, 2.45) is 17.2 Å². The molecule has 8 amide bonds. The smallest absolute Gasteiger partial charge is 0.326 e. The van der Waals surface area contributed by atoms with Crippen LogP contribution in [0.3, 0.4) is 0 Å². The van der Waals surface area contributed by atoms with Crippen LogP contribution in [0.5, 0.6) is 0 Å². The maximum Gasteiger partial charge on any atom is 0.326 e. The van der Waals surface area contributed by atoms with Crippen molar-refractivity contribution in [1.29, 1.82) is 10.8 Å². The Morgan fingerprint density at radius 2 is 1.31 bits per heavy atom. The van der Waals surface area contributed by atoms with Crippen LogP contribution >= 0.6 is 0 Å². The quantitative estimate of drug-likeness (QED) is 0.0343. The van der Waals surface area contributed by atoms with Crippen LogP contribution in [0.2, 0.25) is 0 Å². The van der Waals surface area contributed by atoms with Gasteiger partial charge in [-0.2, -0.15) is 0 Å². The normalized spacial score (nSPS) is 21.2. The zero-order chi connectivity index (χ0) is 54.2. The Kier molecular flexibility index (Phi) is 23.6. The molecule has 2 aromatic carbocycles. The van der Waals surface area contributed by atoms with Gasteiger partial charge in [0.05, 0.1) is 0 Å². The fourth-order valence-electron chi connectivity index (χ4n) is 8.12. The predicted molar refractivity (Wildman–Crippen MR) is 272 cm³/mol. The standard InChI is InChI=1S/C48H70N16O10/c1-27(65)58-32(14-8-22-55-47(50)51)40(67)59-33-15-7-21-54-39(66)18-17-36(46(73)74)62-45(72)38(25-29-26-57-31-13-6-5-12-30(29)31)64-42(69)34(16-9-23-56-48(52)53)60-44(71)37(24-28-10-3-2-4-11-28)63-43(70)35(19-20-49)61-41(33)68/h2-6,10-13,26,32-38,57H,7-9,14-25,49H2,1H3,(H,54,66)(H,58,65)(H,59,67)(H,60,71)(H,61,68)(H,62,72)(H,63,70)(H,64,69)(H,73,74)(H4,50,51,55)(H4,52,53,56)/t32-,33?,34-,35-,36?,37?,38-/m0/s1. The van der Waals surface area contributed by atoms with E-state index in [-0.39, 0.29) is 109 Å². The number of guanidine groups is 2. The molecule has 1 aliphatic heterocycles. The van der Waals surface area contributed by atoms with Gasteiger partial charge in [0.25, 0.3) is 0 Å². The summed E-state index contributed by atoms with van der Waals surface area (Å²) in [5.41, 5.74) is 18.7. The Morgan fingerprint density at radius 1 is 0.730 bits per heavy atom. The van der Waals surface area contributed by atoms with E-state index in [0.717, 1.165) is 10.9 Å². The molecular formula is C48H70N16O10. The number of hydrogen-bond donors (Lipinski definition) is 17. The lowest BCUT2D eigenvalue weighted by Crippen LogP contribution is -2.60. The number of carbonyl (C=O) groups is 9. The van der Waals surface area contributed by atoms with Crippen molar-refractivity contribution < 1.29 is 48.3 Å². The third kappa shape index (κ3) is 19.7. The van der Waals surface area contributed by atoms with Crippen molar-refractivity contribution in [2.45, 2.75) is 120 Å². The van der Waals surface area contributed by atoms with Gasteiger partial charge in [-0.05, 0) is 75.1 Å². The minimum absolute atomic E-state index is 0.0603. The first-order valence-electron chi connectivity index (χ1n) is 24.4. The topological polar surface area (TPSA) is 436 Å². The Labute approximate surface area is 427 Å². The summed E-state index contributed by atoms with van der Waals surface area (Å²) in [6.07, 6.45) is 0.849. The van der Waals surface area contributed by atoms with E-state index in [1.165, 1.54) is 6.92 Å². The van der Waals surface area contributed by atoms with Gasteiger partial charge in [-0.1, -0.05) is 48.5 Å². The summed E-state index contributed by atoms with van der Waals surface area (Å²) < 4.78 is 0. The molecule has 1 fully saturated rings. The molecule has 1 aromatic heterocycles. The van der Waals surface area contributed by atoms with Gasteiger partial charge in [0, 0.05) is 62.9 Å². The molecule has 0 radical (unpaired) electrons. The summed E-state index contributed by atoms with van der Waals surface area (Å²) in [5, 5.41) is 52.2. The second-order valence-electron chi connectivity index (χ2n) is 17.8. The highest BCUT2D eigenvalue weighted by molar-refractivity contribution is 5.98. The molecule has 0 bridgehead atoms. The second kappa shape index (κ2) is 29.9. The first-order chi connectivity index (χ1) is 35.3. The number of H-pyrrole nitrogens is 1. The number of amides is 8. The number of aromatic nitrogens is 1. The average molecular weight is 1030 g/mol. The zero-order valence-corrected chi connectivity index (χ0v) is 41.3. The van der Waals surface area contributed by atoms with Crippen LogP contribution in [-0.4, -0.2) is 144 Å². The highest BCUT2D eigenvalue weighted by Gasteiger charge is 2.35. The van der Waals surface area contributed by atoms with Gasteiger partial charge < -0.3 is 80.5 Å². The molecule has 7 atom stereocenters. The van der Waals surface area contributed by atoms with Crippen LogP contribution in [0.4, 0.5) is 0 Å². The number of aromatic amines is 1. The molecule has 26 nitrogen and oxygen atoms in total. The number of nitrogens with one attached hydrogen (secondary N) is 13. The number of benzene rings is 2. The molecule has 0 spiro atoms. The molecule has 1 aliphatic rings. The molecule has 3 unspecified atom stereocenters. The lowest BCUT2D eigenvalue weighted by atomic mass is 10.0. The van der Waals surface area contributed by atoms with Gasteiger partial charge in [-0.3, -0.25) is 49.2 Å². The predicted octanol–water partition coefficient (Wildman–Crippen LogP) is -2.98. The number of aliphatic carboxylic acids is 1. The van der Waals surface area contributed by atoms with Gasteiger partial charge >= 0.3 is 5.97 Å². The number of fused-ring (bicyclic) bond motifs is 1. The lowest BCUT2D eigenvalue weighted by Gasteiger charge is -2.28. The number of carboxylic acids is 1. The number of carboxylic acid groups (broad SMARTS) is 1. The van der Waals surface area contributed by atoms with Crippen molar-refractivity contribution in [1.82, 2.24) is 58.2 Å². The van der Waals surface area contributed by atoms with E-state index in [2.05, 4.69) is 58.2 Å². The largest absolute Gasteiger partial charge is 0.480 e. The van der Waals surface area contributed by atoms with Gasteiger partial charge in [0.2, 0.25) is 47.3 Å². The zero-order valence-electron chi connectivity index (χ0n) is 41.3. The molecule has 0 aliphatic carbocycles. The van der Waals surface area contributed by atoms with Crippen molar-refractivity contribution in [2.75, 3.05) is 26.2 Å². The van der Waals surface area contributed by atoms with Crippen molar-refractivity contribution in [3.8, 4) is 0 Å². The van der Waals surface area contributed by atoms with Crippen LogP contribution in [0, 0.1) is 10.8 Å². The summed E-state index contributed by atoms with van der Waals surface area (Å²) >= 11 is 0. The Bertz CT molecular complexity index is 2450. The lowest BCUT2D eigenvalue weighted by molar-refractivity contribution is -0.142. The third-order valence-electron chi connectivity index (χ3n) is 11.9. The fraction of sp³-hybridized carbons (Fsp3) is 0.479. The highest BCUT2D eigenvalue weighted by atomic mass is 16.4. The van der Waals surface area contributed by atoms with E-state index in [1.54, 1.807) is 54.7 Å². The van der Waals surface area contributed by atoms with Gasteiger partial charge in [-0.15, -0.1) is 0 Å². The Hall–Kier alpha value is -8.29. The summed E-state index contributed by atoms with van der Waals surface area (Å²) in [6, 6.07) is 6.07. The first-order valence-corrected chi connectivity index (χ1v) is 24.4. The van der Waals surface area contributed by atoms with E-state index in [4.69, 9.17) is 28.0 Å². The van der Waals surface area contributed by atoms with Crippen LogP contribution in [0.15, 0.2) is 60.8 Å². The number of nitrogens with two attached hydrogens (primary N) is 3. The van der Waals surface area contributed by atoms with Gasteiger partial charge in [-0.25, -0.2) is 4.79 Å². The third-order valence-corrected chi connectivity index (χ3v) is 11.9. The van der Waals surface area contributed by atoms with Gasteiger partial charge in [0.15, 0.2) is 11.9 Å². The second-order valence-corrected chi connectivity index (χ2v) is 17.8. The maximum absolute atomic E-state index is 14.5. The Morgan fingerprint density at radius 3 is 1.96 bits per heavy atom. The minimum atomic E-state index is -1.60. The number of rotatable bonds is 18. The van der Waals surface area contributed by atoms with Crippen LogP contribution in [0.1, 0.15) is 75.8 Å². The van der Waals surface area contributed by atoms with Crippen LogP contribution in [-0.2, 0) is 56.0 Å². The molecule has 1 saturated heterocycles. The molecule has 2 heterocycles. The molecule has 26 heteroatoms. The van der Waals surface area contributed by atoms with E-state index in [1.807, 2.05) is 6.07 Å². The molecule has 0 saturated carbocycles. The number of para-hydroxylation sites is 1. The minimum Gasteiger partial charge on any atom is -0.480 e. The van der Waals surface area contributed by atoms with E-state index < -0.39 is 95.5 Å². The SMILES string of the molecule is CC(=O)N[C@@H](CCCNC(=N)N)C(=O)NC1CCCNC(=O)CCC(C(=O)O)NC(=O)[C@H](Cc2c[nH]c3ccccc23)NC(=O)[C@H](CCCNC(=N)N)NC(=O)C(Cc2ccccc2)NC(=O)[C@H](CCN)NC1=O. The summed E-state index contributed by atoms with van der Waals surface area (Å²) in [6.45, 7) is 1.31.